The Kier molecular flexibility index (Phi) is 6.78. The molecule has 9 heteroatoms. The second-order valence-electron chi connectivity index (χ2n) is 7.13. The van der Waals surface area contributed by atoms with Gasteiger partial charge in [0.2, 0.25) is 5.88 Å². The van der Waals surface area contributed by atoms with Crippen molar-refractivity contribution in [1.29, 1.82) is 0 Å². The molecule has 166 valence electrons. The van der Waals surface area contributed by atoms with E-state index in [0.29, 0.717) is 11.4 Å². The molecule has 2 atom stereocenters. The molecular formula is C23H20Br2N2O4S. The van der Waals surface area contributed by atoms with E-state index in [0.717, 1.165) is 27.2 Å². The molecule has 0 bridgehead atoms. The minimum absolute atomic E-state index is 0.0161. The molecule has 1 aliphatic rings. The third-order valence-electron chi connectivity index (χ3n) is 4.88. The van der Waals surface area contributed by atoms with E-state index in [-0.39, 0.29) is 16.3 Å². The summed E-state index contributed by atoms with van der Waals surface area (Å²) in [7, 11) is -3.95. The van der Waals surface area contributed by atoms with Gasteiger partial charge in [-0.3, -0.25) is 0 Å². The second-order valence-corrected chi connectivity index (χ2v) is 10.7. The molecule has 0 aromatic heterocycles. The standard InChI is InChI=1S/C23H20Br2N2O4S/c24-22(17-9-5-2-6-10-17)23(25)18-11-12-19(27-14-21(28)26-32(27,29)30)20(13-18)31-15-16-7-3-1-4-8-16/h1-14,22-23,26,28H,15H2. The fourth-order valence-corrected chi connectivity index (χ4v) is 5.56. The summed E-state index contributed by atoms with van der Waals surface area (Å²) in [5.74, 6) is -0.0778. The largest absolute Gasteiger partial charge is 0.493 e. The molecule has 0 spiro atoms. The van der Waals surface area contributed by atoms with Gasteiger partial charge in [0.15, 0.2) is 0 Å². The van der Waals surface area contributed by atoms with Crippen molar-refractivity contribution in [2.45, 2.75) is 16.3 Å². The van der Waals surface area contributed by atoms with E-state index in [4.69, 9.17) is 4.74 Å². The average Bonchev–Trinajstić information content (AvgIpc) is 3.09. The summed E-state index contributed by atoms with van der Waals surface area (Å²) in [4.78, 5) is -0.118. The number of alkyl halides is 2. The Bertz CT molecular complexity index is 1220. The van der Waals surface area contributed by atoms with Crippen molar-refractivity contribution < 1.29 is 18.3 Å². The maximum absolute atomic E-state index is 12.4. The van der Waals surface area contributed by atoms with E-state index < -0.39 is 16.1 Å². The highest BCUT2D eigenvalue weighted by atomic mass is 79.9. The molecule has 2 N–H and O–H groups in total. The maximum atomic E-state index is 12.4. The van der Waals surface area contributed by atoms with E-state index in [1.54, 1.807) is 6.07 Å². The van der Waals surface area contributed by atoms with Gasteiger partial charge >= 0.3 is 10.2 Å². The van der Waals surface area contributed by atoms with Gasteiger partial charge in [0.1, 0.15) is 18.0 Å². The smallest absolute Gasteiger partial charge is 0.330 e. The van der Waals surface area contributed by atoms with E-state index in [2.05, 4.69) is 36.6 Å². The lowest BCUT2D eigenvalue weighted by atomic mass is 10.0. The monoisotopic (exact) mass is 578 g/mol. The van der Waals surface area contributed by atoms with Crippen LogP contribution in [0, 0.1) is 0 Å². The van der Waals surface area contributed by atoms with Gasteiger partial charge in [0, 0.05) is 0 Å². The predicted molar refractivity (Wildman–Crippen MR) is 132 cm³/mol. The highest BCUT2D eigenvalue weighted by Crippen LogP contribution is 2.45. The van der Waals surface area contributed by atoms with Gasteiger partial charge in [-0.15, -0.1) is 0 Å². The normalized spacial score (nSPS) is 16.7. The van der Waals surface area contributed by atoms with E-state index in [1.807, 2.05) is 72.8 Å². The number of anilines is 1. The molecule has 0 saturated carbocycles. The Morgan fingerprint density at radius 3 is 2.16 bits per heavy atom. The first-order valence-electron chi connectivity index (χ1n) is 9.72. The Hall–Kier alpha value is -2.49. The highest BCUT2D eigenvalue weighted by Gasteiger charge is 2.31. The number of ether oxygens (including phenoxy) is 1. The molecule has 3 aromatic rings. The molecule has 32 heavy (non-hydrogen) atoms. The molecule has 3 aromatic carbocycles. The zero-order chi connectivity index (χ0) is 22.7. The zero-order valence-electron chi connectivity index (χ0n) is 16.7. The fraction of sp³-hybridized carbons (Fsp3) is 0.130. The van der Waals surface area contributed by atoms with Crippen LogP contribution in [0.1, 0.15) is 26.3 Å². The highest BCUT2D eigenvalue weighted by molar-refractivity contribution is 9.12. The van der Waals surface area contributed by atoms with Gasteiger partial charge in [-0.1, -0.05) is 98.6 Å². The summed E-state index contributed by atoms with van der Waals surface area (Å²) < 4.78 is 34.0. The first kappa shape index (κ1) is 22.7. The van der Waals surface area contributed by atoms with Crippen LogP contribution in [0.2, 0.25) is 0 Å². The van der Waals surface area contributed by atoms with Crippen molar-refractivity contribution >= 4 is 47.8 Å². The van der Waals surface area contributed by atoms with Gasteiger partial charge in [0.05, 0.1) is 15.9 Å². The minimum atomic E-state index is -3.95. The molecule has 6 nitrogen and oxygen atoms in total. The molecule has 0 radical (unpaired) electrons. The lowest BCUT2D eigenvalue weighted by Crippen LogP contribution is -2.30. The number of aliphatic hydroxyl groups is 1. The molecule has 0 saturated heterocycles. The quantitative estimate of drug-likeness (QED) is 0.344. The van der Waals surface area contributed by atoms with Gasteiger partial charge in [-0.25, -0.2) is 9.03 Å². The second kappa shape index (κ2) is 9.56. The first-order chi connectivity index (χ1) is 15.3. The number of nitrogens with zero attached hydrogens (tertiary/aromatic N) is 1. The Balaban J connectivity index is 1.69. The summed E-state index contributed by atoms with van der Waals surface area (Å²) in [6, 6.07) is 24.9. The van der Waals surface area contributed by atoms with Crippen molar-refractivity contribution in [3.63, 3.8) is 0 Å². The number of aliphatic hydroxyl groups excluding tert-OH is 1. The summed E-state index contributed by atoms with van der Waals surface area (Å²) in [6.45, 7) is 0.262. The molecular weight excluding hydrogens is 560 g/mol. The molecule has 0 fully saturated rings. The number of nitrogens with one attached hydrogen (secondary N) is 1. The number of rotatable bonds is 7. The van der Waals surface area contributed by atoms with Crippen LogP contribution in [0.4, 0.5) is 5.69 Å². The van der Waals surface area contributed by atoms with Crippen molar-refractivity contribution in [2.75, 3.05) is 4.31 Å². The maximum Gasteiger partial charge on any atom is 0.330 e. The molecule has 0 amide bonds. The van der Waals surface area contributed by atoms with Crippen molar-refractivity contribution in [2.24, 2.45) is 0 Å². The third kappa shape index (κ3) is 4.95. The summed E-state index contributed by atoms with van der Waals surface area (Å²) in [6.07, 6.45) is 1.11. The van der Waals surface area contributed by atoms with Crippen LogP contribution in [0.25, 0.3) is 0 Å². The molecule has 0 aliphatic carbocycles. The molecule has 1 aliphatic heterocycles. The number of benzene rings is 3. The SMILES string of the molecule is O=S1(=O)NC(O)=CN1c1ccc(C(Br)C(Br)c2ccccc2)cc1OCc1ccccc1. The average molecular weight is 580 g/mol. The van der Waals surface area contributed by atoms with E-state index in [1.165, 1.54) is 0 Å². The van der Waals surface area contributed by atoms with Crippen molar-refractivity contribution in [3.8, 4) is 5.75 Å². The van der Waals surface area contributed by atoms with Crippen LogP contribution in [0.5, 0.6) is 5.75 Å². The van der Waals surface area contributed by atoms with E-state index in [9.17, 15) is 13.5 Å². The lowest BCUT2D eigenvalue weighted by Gasteiger charge is -2.22. The van der Waals surface area contributed by atoms with Crippen molar-refractivity contribution in [3.05, 3.63) is 108 Å². The third-order valence-corrected chi connectivity index (χ3v) is 9.00. The van der Waals surface area contributed by atoms with Crippen LogP contribution in [-0.2, 0) is 16.8 Å². The lowest BCUT2D eigenvalue weighted by molar-refractivity contribution is 0.307. The molecule has 2 unspecified atom stereocenters. The number of hydrogen-bond donors (Lipinski definition) is 2. The van der Waals surface area contributed by atoms with Crippen LogP contribution >= 0.6 is 31.9 Å². The van der Waals surface area contributed by atoms with Crippen LogP contribution < -0.4 is 13.8 Å². The molecule has 4 rings (SSSR count). The molecule has 1 heterocycles. The predicted octanol–water partition coefficient (Wildman–Crippen LogP) is 5.85. The Labute approximate surface area is 204 Å². The van der Waals surface area contributed by atoms with Gasteiger partial charge in [-0.2, -0.15) is 8.42 Å². The summed E-state index contributed by atoms with van der Waals surface area (Å²) >= 11 is 7.51. The topological polar surface area (TPSA) is 78.9 Å². The van der Waals surface area contributed by atoms with Crippen LogP contribution in [0.3, 0.4) is 0 Å². The summed E-state index contributed by atoms with van der Waals surface area (Å²) in [5, 5.41) is 9.71. The van der Waals surface area contributed by atoms with Gasteiger partial charge < -0.3 is 9.84 Å². The van der Waals surface area contributed by atoms with Crippen molar-refractivity contribution in [1.82, 2.24) is 4.72 Å². The minimum Gasteiger partial charge on any atom is -0.493 e. The van der Waals surface area contributed by atoms with Crippen LogP contribution in [0.15, 0.2) is 90.9 Å². The van der Waals surface area contributed by atoms with E-state index >= 15 is 0 Å². The summed E-state index contributed by atoms with van der Waals surface area (Å²) in [5.41, 5.74) is 3.25. The van der Waals surface area contributed by atoms with Gasteiger partial charge in [-0.05, 0) is 28.8 Å². The Morgan fingerprint density at radius 2 is 1.53 bits per heavy atom. The first-order valence-corrected chi connectivity index (χ1v) is 13.0. The van der Waals surface area contributed by atoms with Gasteiger partial charge in [0.25, 0.3) is 0 Å². The number of halogens is 2. The fourth-order valence-electron chi connectivity index (χ4n) is 3.30. The Morgan fingerprint density at radius 1 is 0.906 bits per heavy atom. The number of hydrogen-bond acceptors (Lipinski definition) is 4. The zero-order valence-corrected chi connectivity index (χ0v) is 20.7. The van der Waals surface area contributed by atoms with Crippen LogP contribution in [-0.4, -0.2) is 13.5 Å².